The van der Waals surface area contributed by atoms with Gasteiger partial charge in [0.1, 0.15) is 12.1 Å². The van der Waals surface area contributed by atoms with Crippen molar-refractivity contribution in [3.63, 3.8) is 0 Å². The summed E-state index contributed by atoms with van der Waals surface area (Å²) in [5, 5.41) is 13.9. The Morgan fingerprint density at radius 2 is 2.08 bits per heavy atom. The number of carbonyl (C=O) groups is 4. The van der Waals surface area contributed by atoms with Gasteiger partial charge in [-0.3, -0.25) is 14.4 Å². The lowest BCUT2D eigenvalue weighted by molar-refractivity contribution is -0.142. The average molecular weight is 360 g/mol. The highest BCUT2D eigenvalue weighted by atomic mass is 32.2. The number of amides is 3. The predicted molar refractivity (Wildman–Crippen MR) is 89.4 cm³/mol. The summed E-state index contributed by atoms with van der Waals surface area (Å²) in [6.07, 6.45) is 3.37. The van der Waals surface area contributed by atoms with E-state index < -0.39 is 29.9 Å². The molecule has 1 rings (SSSR count). The molecule has 5 N–H and O–H groups in total. The van der Waals surface area contributed by atoms with Crippen LogP contribution in [-0.4, -0.2) is 77.4 Å². The van der Waals surface area contributed by atoms with Gasteiger partial charge in [0.25, 0.3) is 0 Å². The van der Waals surface area contributed by atoms with Gasteiger partial charge in [-0.15, -0.1) is 0 Å². The molecular weight excluding hydrogens is 336 g/mol. The molecule has 0 saturated carbocycles. The third-order valence-electron chi connectivity index (χ3n) is 3.72. The van der Waals surface area contributed by atoms with E-state index in [1.54, 1.807) is 0 Å². The van der Waals surface area contributed by atoms with Gasteiger partial charge < -0.3 is 26.4 Å². The van der Waals surface area contributed by atoms with Crippen LogP contribution in [0.1, 0.15) is 19.3 Å². The van der Waals surface area contributed by atoms with Crippen molar-refractivity contribution in [1.82, 2.24) is 15.5 Å². The fourth-order valence-electron chi connectivity index (χ4n) is 2.48. The minimum Gasteiger partial charge on any atom is -0.480 e. The maximum absolute atomic E-state index is 12.1. The molecule has 0 aromatic heterocycles. The Morgan fingerprint density at radius 1 is 1.38 bits per heavy atom. The molecule has 9 nitrogen and oxygen atoms in total. The molecule has 24 heavy (non-hydrogen) atoms. The molecule has 1 aliphatic rings. The maximum atomic E-state index is 12.1. The van der Waals surface area contributed by atoms with E-state index in [1.807, 2.05) is 6.26 Å². The molecule has 3 amide bonds. The summed E-state index contributed by atoms with van der Waals surface area (Å²) in [6, 6.07) is -1.61. The second-order valence-corrected chi connectivity index (χ2v) is 6.39. The van der Waals surface area contributed by atoms with Crippen molar-refractivity contribution >= 4 is 35.5 Å². The number of thioether (sulfide) groups is 1. The van der Waals surface area contributed by atoms with Gasteiger partial charge in [0, 0.05) is 6.54 Å². The van der Waals surface area contributed by atoms with Crippen LogP contribution in [-0.2, 0) is 19.2 Å². The highest BCUT2D eigenvalue weighted by molar-refractivity contribution is 7.98. The normalized spacial score (nSPS) is 18.1. The van der Waals surface area contributed by atoms with Crippen LogP contribution >= 0.6 is 11.8 Å². The van der Waals surface area contributed by atoms with Crippen LogP contribution in [0.3, 0.4) is 0 Å². The Hall–Kier alpha value is -1.81. The first kappa shape index (κ1) is 20.2. The van der Waals surface area contributed by atoms with E-state index in [0.29, 0.717) is 31.6 Å². The zero-order chi connectivity index (χ0) is 18.1. The van der Waals surface area contributed by atoms with E-state index >= 15 is 0 Å². The van der Waals surface area contributed by atoms with Crippen LogP contribution in [0.5, 0.6) is 0 Å². The molecule has 1 heterocycles. The van der Waals surface area contributed by atoms with Crippen molar-refractivity contribution in [1.29, 1.82) is 0 Å². The molecule has 10 heteroatoms. The molecule has 0 aromatic carbocycles. The summed E-state index contributed by atoms with van der Waals surface area (Å²) in [4.78, 5) is 48.1. The van der Waals surface area contributed by atoms with Gasteiger partial charge in [0.15, 0.2) is 0 Å². The Morgan fingerprint density at radius 3 is 2.67 bits per heavy atom. The topological polar surface area (TPSA) is 142 Å². The Balaban J connectivity index is 2.46. The number of likely N-dealkylation sites (tertiary alicyclic amines) is 1. The number of carbonyl (C=O) groups excluding carboxylic acids is 3. The zero-order valence-corrected chi connectivity index (χ0v) is 14.4. The predicted octanol–water partition coefficient (Wildman–Crippen LogP) is -1.63. The molecule has 0 aromatic rings. The molecule has 0 radical (unpaired) electrons. The van der Waals surface area contributed by atoms with Gasteiger partial charge in [-0.25, -0.2) is 4.79 Å². The minimum atomic E-state index is -1.11. The van der Waals surface area contributed by atoms with Gasteiger partial charge >= 0.3 is 5.97 Å². The first-order chi connectivity index (χ1) is 11.4. The van der Waals surface area contributed by atoms with Gasteiger partial charge in [-0.1, -0.05) is 0 Å². The third kappa shape index (κ3) is 6.00. The molecule has 1 aliphatic heterocycles. The van der Waals surface area contributed by atoms with Crippen molar-refractivity contribution < 1.29 is 24.3 Å². The van der Waals surface area contributed by atoms with Gasteiger partial charge in [0.2, 0.25) is 17.7 Å². The third-order valence-corrected chi connectivity index (χ3v) is 4.36. The van der Waals surface area contributed by atoms with E-state index in [0.717, 1.165) is 0 Å². The van der Waals surface area contributed by atoms with Crippen LogP contribution in [0.15, 0.2) is 0 Å². The molecule has 2 unspecified atom stereocenters. The number of hydrogen-bond acceptors (Lipinski definition) is 6. The van der Waals surface area contributed by atoms with Gasteiger partial charge in [0.05, 0.1) is 13.1 Å². The van der Waals surface area contributed by atoms with Crippen molar-refractivity contribution in [2.45, 2.75) is 31.3 Å². The number of carboxylic acid groups (broad SMARTS) is 1. The van der Waals surface area contributed by atoms with Crippen LogP contribution in [0.25, 0.3) is 0 Å². The Labute approximate surface area is 144 Å². The molecule has 0 spiro atoms. The number of nitrogens with zero attached hydrogens (tertiary/aromatic N) is 1. The summed E-state index contributed by atoms with van der Waals surface area (Å²) < 4.78 is 0. The summed E-state index contributed by atoms with van der Waals surface area (Å²) in [6.45, 7) is -0.0286. The van der Waals surface area contributed by atoms with Crippen molar-refractivity contribution in [3.8, 4) is 0 Å². The first-order valence-corrected chi connectivity index (χ1v) is 9.08. The number of hydrogen-bond donors (Lipinski definition) is 4. The Kier molecular flexibility index (Phi) is 8.55. The SMILES string of the molecule is CSCCC(NC(=O)CNC(=O)C1CCCN1C(=O)CN)C(=O)O. The number of aliphatic carboxylic acids is 1. The number of carboxylic acids is 1. The van der Waals surface area contributed by atoms with Crippen LogP contribution < -0.4 is 16.4 Å². The van der Waals surface area contributed by atoms with E-state index in [1.165, 1.54) is 16.7 Å². The smallest absolute Gasteiger partial charge is 0.326 e. The fourth-order valence-corrected chi connectivity index (χ4v) is 2.95. The molecule has 2 atom stereocenters. The highest BCUT2D eigenvalue weighted by Crippen LogP contribution is 2.17. The van der Waals surface area contributed by atoms with E-state index in [-0.39, 0.29) is 19.0 Å². The number of rotatable bonds is 9. The number of nitrogens with one attached hydrogen (secondary N) is 2. The molecule has 0 aliphatic carbocycles. The zero-order valence-electron chi connectivity index (χ0n) is 13.6. The lowest BCUT2D eigenvalue weighted by Gasteiger charge is -2.23. The monoisotopic (exact) mass is 360 g/mol. The Bertz CT molecular complexity index is 488. The summed E-state index contributed by atoms with van der Waals surface area (Å²) in [5.41, 5.74) is 5.32. The van der Waals surface area contributed by atoms with E-state index in [2.05, 4.69) is 10.6 Å². The van der Waals surface area contributed by atoms with Gasteiger partial charge in [-0.2, -0.15) is 11.8 Å². The first-order valence-electron chi connectivity index (χ1n) is 7.69. The molecule has 0 bridgehead atoms. The highest BCUT2D eigenvalue weighted by Gasteiger charge is 2.33. The molecule has 136 valence electrons. The summed E-state index contributed by atoms with van der Waals surface area (Å²) in [7, 11) is 0. The van der Waals surface area contributed by atoms with E-state index in [9.17, 15) is 19.2 Å². The van der Waals surface area contributed by atoms with Crippen LogP contribution in [0.2, 0.25) is 0 Å². The van der Waals surface area contributed by atoms with Gasteiger partial charge in [-0.05, 0) is 31.3 Å². The lowest BCUT2D eigenvalue weighted by Crippen LogP contribution is -2.51. The van der Waals surface area contributed by atoms with Crippen molar-refractivity contribution in [2.24, 2.45) is 5.73 Å². The van der Waals surface area contributed by atoms with Crippen molar-refractivity contribution in [3.05, 3.63) is 0 Å². The summed E-state index contributed by atoms with van der Waals surface area (Å²) >= 11 is 1.48. The van der Waals surface area contributed by atoms with Crippen molar-refractivity contribution in [2.75, 3.05) is 31.6 Å². The second kappa shape index (κ2) is 10.1. The quantitative estimate of drug-likeness (QED) is 0.387. The van der Waals surface area contributed by atoms with Crippen LogP contribution in [0, 0.1) is 0 Å². The largest absolute Gasteiger partial charge is 0.480 e. The van der Waals surface area contributed by atoms with E-state index in [4.69, 9.17) is 10.8 Å². The number of nitrogens with two attached hydrogens (primary N) is 1. The summed E-state index contributed by atoms with van der Waals surface area (Å²) in [5.74, 6) is -1.83. The standard InChI is InChI=1S/C14H24N4O5S/c1-24-6-4-9(14(22)23)17-11(19)8-16-13(21)10-3-2-5-18(10)12(20)7-15/h9-10H,2-8,15H2,1H3,(H,16,21)(H,17,19)(H,22,23). The molecule has 1 saturated heterocycles. The fraction of sp³-hybridized carbons (Fsp3) is 0.714. The molecular formula is C14H24N4O5S. The maximum Gasteiger partial charge on any atom is 0.326 e. The van der Waals surface area contributed by atoms with Crippen LogP contribution in [0.4, 0.5) is 0 Å². The second-order valence-electron chi connectivity index (χ2n) is 5.41. The average Bonchev–Trinajstić information content (AvgIpc) is 3.05. The molecule has 1 fully saturated rings. The lowest BCUT2D eigenvalue weighted by atomic mass is 10.2. The minimum absolute atomic E-state index is 0.167.